The largest absolute Gasteiger partial charge is 0.379 e. The van der Waals surface area contributed by atoms with Gasteiger partial charge >= 0.3 is 6.03 Å². The lowest BCUT2D eigenvalue weighted by Crippen LogP contribution is -2.39. The van der Waals surface area contributed by atoms with E-state index in [2.05, 4.69) is 29.3 Å². The molecule has 25 heavy (non-hydrogen) atoms. The number of hydrogen-bond donors (Lipinski definition) is 1. The molecule has 1 N–H and O–H groups in total. The highest BCUT2D eigenvalue weighted by Crippen LogP contribution is 2.23. The number of anilines is 1. The number of hydrogen-bond acceptors (Lipinski definition) is 4. The molecular weight excluding hydrogens is 318 g/mol. The molecule has 6 nitrogen and oxygen atoms in total. The van der Waals surface area contributed by atoms with Gasteiger partial charge in [0.2, 0.25) is 0 Å². The van der Waals surface area contributed by atoms with Crippen molar-refractivity contribution >= 4 is 11.7 Å². The van der Waals surface area contributed by atoms with Gasteiger partial charge in [-0.25, -0.2) is 4.79 Å². The Hall–Kier alpha value is -1.63. The molecule has 2 heterocycles. The summed E-state index contributed by atoms with van der Waals surface area (Å²) in [5, 5.41) is 3.00. The molecule has 2 aliphatic rings. The van der Waals surface area contributed by atoms with E-state index in [9.17, 15) is 4.79 Å². The quantitative estimate of drug-likeness (QED) is 0.913. The number of urea groups is 1. The van der Waals surface area contributed by atoms with Gasteiger partial charge in [-0.15, -0.1) is 0 Å². The van der Waals surface area contributed by atoms with E-state index in [1.54, 1.807) is 0 Å². The Labute approximate surface area is 150 Å². The molecule has 3 rings (SSSR count). The van der Waals surface area contributed by atoms with Crippen LogP contribution in [0.15, 0.2) is 24.3 Å². The summed E-state index contributed by atoms with van der Waals surface area (Å²) < 4.78 is 11.0. The molecular formula is C19H29N3O3. The molecule has 0 saturated carbocycles. The van der Waals surface area contributed by atoms with E-state index < -0.39 is 0 Å². The van der Waals surface area contributed by atoms with Crippen molar-refractivity contribution in [2.75, 3.05) is 51.3 Å². The molecule has 2 saturated heterocycles. The average molecular weight is 347 g/mol. The standard InChI is InChI=1S/C19H29N3O3/c1-15-14-22(8-3-11-25-15)19(23)20-18-6-4-17(5-7-18)16(2)21-9-12-24-13-10-21/h4-7,15-16H,3,8-14H2,1-2H3,(H,20,23)/t15-,16-/m1/s1. The molecule has 0 radical (unpaired) electrons. The lowest BCUT2D eigenvalue weighted by molar-refractivity contribution is 0.0198. The fourth-order valence-electron chi connectivity index (χ4n) is 3.40. The Morgan fingerprint density at radius 3 is 2.60 bits per heavy atom. The Morgan fingerprint density at radius 2 is 1.88 bits per heavy atom. The van der Waals surface area contributed by atoms with E-state index in [1.807, 2.05) is 24.0 Å². The van der Waals surface area contributed by atoms with Crippen LogP contribution < -0.4 is 5.32 Å². The third-order valence-corrected chi connectivity index (χ3v) is 4.98. The molecule has 138 valence electrons. The van der Waals surface area contributed by atoms with E-state index in [4.69, 9.17) is 9.47 Å². The van der Waals surface area contributed by atoms with Crippen LogP contribution in [0.2, 0.25) is 0 Å². The summed E-state index contributed by atoms with van der Waals surface area (Å²) in [6.45, 7) is 9.86. The third kappa shape index (κ3) is 4.93. The van der Waals surface area contributed by atoms with Crippen LogP contribution in [0.5, 0.6) is 0 Å². The number of ether oxygens (including phenoxy) is 2. The molecule has 0 unspecified atom stereocenters. The molecule has 1 aromatic rings. The third-order valence-electron chi connectivity index (χ3n) is 4.98. The van der Waals surface area contributed by atoms with Gasteiger partial charge in [0.15, 0.2) is 0 Å². The first-order valence-electron chi connectivity index (χ1n) is 9.23. The number of nitrogens with zero attached hydrogens (tertiary/aromatic N) is 2. The Balaban J connectivity index is 1.57. The van der Waals surface area contributed by atoms with Crippen molar-refractivity contribution in [2.45, 2.75) is 32.4 Å². The van der Waals surface area contributed by atoms with E-state index in [0.717, 1.165) is 51.6 Å². The first-order chi connectivity index (χ1) is 12.1. The number of morpholine rings is 1. The molecule has 1 aromatic carbocycles. The SMILES string of the molecule is C[C@@H]1CN(C(=O)Nc2ccc([C@@H](C)N3CCOCC3)cc2)CCCO1. The van der Waals surface area contributed by atoms with Crippen molar-refractivity contribution in [3.63, 3.8) is 0 Å². The van der Waals surface area contributed by atoms with Crippen LogP contribution in [-0.4, -0.2) is 67.9 Å². The van der Waals surface area contributed by atoms with E-state index in [0.29, 0.717) is 12.6 Å². The molecule has 2 aliphatic heterocycles. The zero-order valence-electron chi connectivity index (χ0n) is 15.2. The average Bonchev–Trinajstić information content (AvgIpc) is 2.87. The van der Waals surface area contributed by atoms with Gasteiger partial charge in [0.05, 0.1) is 19.3 Å². The van der Waals surface area contributed by atoms with Crippen LogP contribution in [0.3, 0.4) is 0 Å². The highest BCUT2D eigenvalue weighted by molar-refractivity contribution is 5.89. The summed E-state index contributed by atoms with van der Waals surface area (Å²) in [4.78, 5) is 16.7. The van der Waals surface area contributed by atoms with Crippen molar-refractivity contribution < 1.29 is 14.3 Å². The summed E-state index contributed by atoms with van der Waals surface area (Å²) >= 11 is 0. The zero-order chi connectivity index (χ0) is 17.6. The fourth-order valence-corrected chi connectivity index (χ4v) is 3.40. The van der Waals surface area contributed by atoms with Gasteiger partial charge in [-0.05, 0) is 38.0 Å². The second-order valence-corrected chi connectivity index (χ2v) is 6.86. The van der Waals surface area contributed by atoms with Crippen LogP contribution in [0.25, 0.3) is 0 Å². The van der Waals surface area contributed by atoms with Crippen LogP contribution >= 0.6 is 0 Å². The van der Waals surface area contributed by atoms with Gasteiger partial charge in [-0.2, -0.15) is 0 Å². The monoisotopic (exact) mass is 347 g/mol. The molecule has 2 atom stereocenters. The van der Waals surface area contributed by atoms with E-state index in [1.165, 1.54) is 5.56 Å². The van der Waals surface area contributed by atoms with Crippen LogP contribution in [-0.2, 0) is 9.47 Å². The zero-order valence-corrected chi connectivity index (χ0v) is 15.2. The molecule has 0 bridgehead atoms. The van der Waals surface area contributed by atoms with E-state index >= 15 is 0 Å². The fraction of sp³-hybridized carbons (Fsp3) is 0.632. The van der Waals surface area contributed by atoms with Crippen molar-refractivity contribution in [3.05, 3.63) is 29.8 Å². The number of nitrogens with one attached hydrogen (secondary N) is 1. The van der Waals surface area contributed by atoms with Gasteiger partial charge in [0.1, 0.15) is 0 Å². The number of carbonyl (C=O) groups excluding carboxylic acids is 1. The molecule has 0 spiro atoms. The molecule has 2 fully saturated rings. The van der Waals surface area contributed by atoms with Crippen molar-refractivity contribution in [1.82, 2.24) is 9.80 Å². The predicted molar refractivity (Wildman–Crippen MR) is 97.9 cm³/mol. The maximum Gasteiger partial charge on any atom is 0.321 e. The Bertz CT molecular complexity index is 558. The normalized spacial score (nSPS) is 23.8. The number of amides is 2. The molecule has 0 aromatic heterocycles. The summed E-state index contributed by atoms with van der Waals surface area (Å²) in [5.41, 5.74) is 2.09. The molecule has 2 amide bonds. The van der Waals surface area contributed by atoms with Gasteiger partial charge in [0, 0.05) is 44.5 Å². The first-order valence-corrected chi connectivity index (χ1v) is 9.23. The van der Waals surface area contributed by atoms with Crippen LogP contribution in [0.4, 0.5) is 10.5 Å². The summed E-state index contributed by atoms with van der Waals surface area (Å²) in [6.07, 6.45) is 0.971. The highest BCUT2D eigenvalue weighted by Gasteiger charge is 2.21. The van der Waals surface area contributed by atoms with Gasteiger partial charge < -0.3 is 19.7 Å². The predicted octanol–water partition coefficient (Wildman–Crippen LogP) is 2.72. The van der Waals surface area contributed by atoms with E-state index in [-0.39, 0.29) is 12.1 Å². The van der Waals surface area contributed by atoms with Gasteiger partial charge in [-0.3, -0.25) is 4.90 Å². The number of rotatable bonds is 3. The van der Waals surface area contributed by atoms with Crippen LogP contribution in [0.1, 0.15) is 31.9 Å². The lowest BCUT2D eigenvalue weighted by Gasteiger charge is -2.32. The Morgan fingerprint density at radius 1 is 1.16 bits per heavy atom. The molecule has 6 heteroatoms. The summed E-state index contributed by atoms with van der Waals surface area (Å²) in [5.74, 6) is 0. The topological polar surface area (TPSA) is 54.0 Å². The highest BCUT2D eigenvalue weighted by atomic mass is 16.5. The second-order valence-electron chi connectivity index (χ2n) is 6.86. The van der Waals surface area contributed by atoms with Crippen molar-refractivity contribution in [2.24, 2.45) is 0 Å². The maximum atomic E-state index is 12.5. The second kappa shape index (κ2) is 8.65. The minimum Gasteiger partial charge on any atom is -0.379 e. The van der Waals surface area contributed by atoms with Gasteiger partial charge in [-0.1, -0.05) is 12.1 Å². The van der Waals surface area contributed by atoms with Gasteiger partial charge in [0.25, 0.3) is 0 Å². The van der Waals surface area contributed by atoms with Crippen molar-refractivity contribution in [3.8, 4) is 0 Å². The minimum absolute atomic E-state index is 0.0497. The maximum absolute atomic E-state index is 12.5. The number of carbonyl (C=O) groups is 1. The summed E-state index contributed by atoms with van der Waals surface area (Å²) in [7, 11) is 0. The summed E-state index contributed by atoms with van der Waals surface area (Å²) in [6, 6.07) is 8.49. The van der Waals surface area contributed by atoms with Crippen LogP contribution in [0, 0.1) is 0 Å². The first kappa shape index (κ1) is 18.2. The lowest BCUT2D eigenvalue weighted by atomic mass is 10.1. The van der Waals surface area contributed by atoms with Crippen molar-refractivity contribution in [1.29, 1.82) is 0 Å². The Kier molecular flexibility index (Phi) is 6.29. The smallest absolute Gasteiger partial charge is 0.321 e. The molecule has 0 aliphatic carbocycles. The number of benzene rings is 1. The minimum atomic E-state index is -0.0497.